The lowest BCUT2D eigenvalue weighted by Gasteiger charge is -2.38. The van der Waals surface area contributed by atoms with Gasteiger partial charge in [0.2, 0.25) is 0 Å². The second-order valence-electron chi connectivity index (χ2n) is 4.02. The van der Waals surface area contributed by atoms with Crippen LogP contribution in [0.3, 0.4) is 0 Å². The van der Waals surface area contributed by atoms with E-state index in [1.165, 1.54) is 19.3 Å². The van der Waals surface area contributed by atoms with E-state index >= 15 is 0 Å². The average Bonchev–Trinajstić information content (AvgIpc) is 2.19. The highest BCUT2D eigenvalue weighted by Crippen LogP contribution is 2.40. The number of hydrogen-bond acceptors (Lipinski definition) is 4. The summed E-state index contributed by atoms with van der Waals surface area (Å²) >= 11 is 13.0. The van der Waals surface area contributed by atoms with Gasteiger partial charge in [-0.3, -0.25) is 4.79 Å². The summed E-state index contributed by atoms with van der Waals surface area (Å²) < 4.78 is -0.111. The van der Waals surface area contributed by atoms with Crippen molar-refractivity contribution in [3.8, 4) is 0 Å². The summed E-state index contributed by atoms with van der Waals surface area (Å²) in [5.74, 6) is 1.09. The fourth-order valence-electron chi connectivity index (χ4n) is 2.19. The van der Waals surface area contributed by atoms with Crippen LogP contribution in [0.1, 0.15) is 32.1 Å². The summed E-state index contributed by atoms with van der Waals surface area (Å²) in [5.41, 5.74) is 0. The molecule has 1 atom stereocenters. The van der Waals surface area contributed by atoms with E-state index in [9.17, 15) is 4.79 Å². The minimum absolute atomic E-state index is 0.0213. The quantitative estimate of drug-likeness (QED) is 0.654. The molecule has 1 nitrogen and oxygen atoms in total. The van der Waals surface area contributed by atoms with Crippen molar-refractivity contribution in [3.63, 3.8) is 0 Å². The Morgan fingerprint density at radius 3 is 2.21 bits per heavy atom. The van der Waals surface area contributed by atoms with E-state index < -0.39 is 0 Å². The molecular formula is C10H18OS3. The smallest absolute Gasteiger partial charge is 0.147 e. The molecule has 0 aliphatic heterocycles. The zero-order valence-corrected chi connectivity index (χ0v) is 11.0. The number of carbonyl (C=O) groups is 1. The standard InChI is InChI=1S/C10H18OS3/c11-9(7-13)8(6-12)10(14)4-2-1-3-5-10/h8,12-14H,1-7H2/t8-/m0/s1. The zero-order valence-electron chi connectivity index (χ0n) is 8.28. The fourth-order valence-corrected chi connectivity index (χ4v) is 3.66. The first-order valence-corrected chi connectivity index (χ1v) is 6.82. The normalized spacial score (nSPS) is 23.1. The summed E-state index contributed by atoms with van der Waals surface area (Å²) in [5, 5.41) is 0. The highest BCUT2D eigenvalue weighted by Gasteiger charge is 2.39. The van der Waals surface area contributed by atoms with Gasteiger partial charge in [-0.2, -0.15) is 37.9 Å². The van der Waals surface area contributed by atoms with Crippen molar-refractivity contribution in [1.82, 2.24) is 0 Å². The third-order valence-electron chi connectivity index (χ3n) is 3.10. The van der Waals surface area contributed by atoms with Crippen LogP contribution in [-0.4, -0.2) is 22.0 Å². The molecule has 1 rings (SSSR count). The molecule has 1 aliphatic carbocycles. The Balaban J connectivity index is 2.70. The fraction of sp³-hybridized carbons (Fsp3) is 0.900. The second-order valence-corrected chi connectivity index (χ2v) is 5.60. The lowest BCUT2D eigenvalue weighted by molar-refractivity contribution is -0.120. The minimum Gasteiger partial charge on any atom is -0.298 e. The van der Waals surface area contributed by atoms with Crippen molar-refractivity contribution >= 4 is 43.7 Å². The van der Waals surface area contributed by atoms with Crippen LogP contribution in [0.5, 0.6) is 0 Å². The third kappa shape index (κ3) is 2.86. The molecule has 4 heteroatoms. The van der Waals surface area contributed by atoms with Crippen LogP contribution in [-0.2, 0) is 4.79 Å². The largest absolute Gasteiger partial charge is 0.298 e. The molecule has 1 saturated carbocycles. The van der Waals surface area contributed by atoms with Crippen LogP contribution in [0.25, 0.3) is 0 Å². The van der Waals surface area contributed by atoms with Crippen molar-refractivity contribution < 1.29 is 4.79 Å². The molecule has 82 valence electrons. The molecule has 0 saturated heterocycles. The van der Waals surface area contributed by atoms with E-state index in [4.69, 9.17) is 12.6 Å². The molecule has 0 spiro atoms. The van der Waals surface area contributed by atoms with Gasteiger partial charge in [-0.1, -0.05) is 19.3 Å². The van der Waals surface area contributed by atoms with Crippen LogP contribution in [0, 0.1) is 5.92 Å². The lowest BCUT2D eigenvalue weighted by atomic mass is 9.78. The zero-order chi connectivity index (χ0) is 10.6. The van der Waals surface area contributed by atoms with Gasteiger partial charge in [0.25, 0.3) is 0 Å². The highest BCUT2D eigenvalue weighted by atomic mass is 32.1. The number of Topliss-reactive ketones (excluding diaryl/α,β-unsaturated/α-hetero) is 1. The van der Waals surface area contributed by atoms with E-state index in [0.717, 1.165) is 12.8 Å². The van der Waals surface area contributed by atoms with E-state index in [0.29, 0.717) is 11.5 Å². The van der Waals surface area contributed by atoms with Gasteiger partial charge in [-0.15, -0.1) is 0 Å². The van der Waals surface area contributed by atoms with Crippen molar-refractivity contribution in [1.29, 1.82) is 0 Å². The van der Waals surface area contributed by atoms with Crippen molar-refractivity contribution in [2.24, 2.45) is 5.92 Å². The van der Waals surface area contributed by atoms with Crippen molar-refractivity contribution in [3.05, 3.63) is 0 Å². The summed E-state index contributed by atoms with van der Waals surface area (Å²) in [6.45, 7) is 0. The van der Waals surface area contributed by atoms with Gasteiger partial charge < -0.3 is 0 Å². The highest BCUT2D eigenvalue weighted by molar-refractivity contribution is 7.82. The van der Waals surface area contributed by atoms with Gasteiger partial charge in [-0.05, 0) is 12.8 Å². The Labute approximate surface area is 103 Å². The van der Waals surface area contributed by atoms with Gasteiger partial charge >= 0.3 is 0 Å². The minimum atomic E-state index is -0.111. The predicted octanol–water partition coefficient (Wildman–Crippen LogP) is 2.66. The monoisotopic (exact) mass is 250 g/mol. The maximum Gasteiger partial charge on any atom is 0.147 e. The average molecular weight is 250 g/mol. The Hall–Kier alpha value is 0.720. The van der Waals surface area contributed by atoms with Gasteiger partial charge in [0.05, 0.1) is 0 Å². The number of carbonyl (C=O) groups excluding carboxylic acids is 1. The third-order valence-corrected chi connectivity index (χ3v) is 4.53. The Morgan fingerprint density at radius 2 is 1.79 bits per heavy atom. The van der Waals surface area contributed by atoms with Gasteiger partial charge in [0.15, 0.2) is 0 Å². The van der Waals surface area contributed by atoms with Gasteiger partial charge in [-0.25, -0.2) is 0 Å². The second kappa shape index (κ2) is 5.71. The molecule has 0 amide bonds. The van der Waals surface area contributed by atoms with E-state index in [1.807, 2.05) is 0 Å². The molecule has 0 aromatic carbocycles. The molecular weight excluding hydrogens is 232 g/mol. The topological polar surface area (TPSA) is 17.1 Å². The van der Waals surface area contributed by atoms with E-state index in [-0.39, 0.29) is 16.4 Å². The van der Waals surface area contributed by atoms with Crippen molar-refractivity contribution in [2.45, 2.75) is 36.9 Å². The molecule has 0 bridgehead atoms. The first-order chi connectivity index (χ1) is 6.64. The van der Waals surface area contributed by atoms with E-state index in [2.05, 4.69) is 25.3 Å². The summed E-state index contributed by atoms with van der Waals surface area (Å²) in [7, 11) is 0. The first kappa shape index (κ1) is 12.8. The maximum atomic E-state index is 11.7. The molecule has 1 aliphatic rings. The van der Waals surface area contributed by atoms with Gasteiger partial charge in [0, 0.05) is 22.2 Å². The molecule has 0 aromatic heterocycles. The summed E-state index contributed by atoms with van der Waals surface area (Å²) in [6.07, 6.45) is 5.74. The molecule has 1 fully saturated rings. The Kier molecular flexibility index (Phi) is 5.21. The van der Waals surface area contributed by atoms with Crippen LogP contribution in [0.2, 0.25) is 0 Å². The Bertz CT molecular complexity index is 200. The summed E-state index contributed by atoms with van der Waals surface area (Å²) in [4.78, 5) is 11.7. The summed E-state index contributed by atoms with van der Waals surface area (Å²) in [6, 6.07) is 0. The number of hydrogen-bond donors (Lipinski definition) is 3. The molecule has 0 radical (unpaired) electrons. The molecule has 0 N–H and O–H groups in total. The first-order valence-electron chi connectivity index (χ1n) is 5.11. The van der Waals surface area contributed by atoms with Crippen LogP contribution >= 0.6 is 37.9 Å². The van der Waals surface area contributed by atoms with Crippen LogP contribution in [0.15, 0.2) is 0 Å². The van der Waals surface area contributed by atoms with Crippen LogP contribution < -0.4 is 0 Å². The predicted molar refractivity (Wildman–Crippen MR) is 71.0 cm³/mol. The van der Waals surface area contributed by atoms with Crippen LogP contribution in [0.4, 0.5) is 0 Å². The molecule has 14 heavy (non-hydrogen) atoms. The number of ketones is 1. The SMILES string of the molecule is O=C(CS)[C@H](CS)C1(S)CCCCC1. The van der Waals surface area contributed by atoms with Crippen molar-refractivity contribution in [2.75, 3.05) is 11.5 Å². The molecule has 0 unspecified atom stereocenters. The maximum absolute atomic E-state index is 11.7. The molecule has 0 aromatic rings. The van der Waals surface area contributed by atoms with Gasteiger partial charge in [0.1, 0.15) is 5.78 Å². The molecule has 0 heterocycles. The Morgan fingerprint density at radius 1 is 1.21 bits per heavy atom. The number of rotatable bonds is 4. The van der Waals surface area contributed by atoms with E-state index in [1.54, 1.807) is 0 Å². The number of thiol groups is 3. The lowest BCUT2D eigenvalue weighted by Crippen LogP contribution is -2.41.